The minimum atomic E-state index is -0.357. The molecule has 0 amide bonds. The Labute approximate surface area is 74.8 Å². The zero-order chi connectivity index (χ0) is 8.53. The van der Waals surface area contributed by atoms with E-state index in [0.29, 0.717) is 0 Å². The van der Waals surface area contributed by atoms with E-state index in [2.05, 4.69) is 24.9 Å². The molecule has 1 unspecified atom stereocenters. The van der Waals surface area contributed by atoms with E-state index in [1.54, 1.807) is 0 Å². The Bertz CT molecular complexity index is 80.5. The monoisotopic (exact) mass is 177 g/mol. The molecule has 0 aliphatic carbocycles. The predicted molar refractivity (Wildman–Crippen MR) is 52.0 cm³/mol. The van der Waals surface area contributed by atoms with E-state index in [-0.39, 0.29) is 6.23 Å². The molecule has 0 rings (SSSR count). The van der Waals surface area contributed by atoms with Crippen LogP contribution in [-0.2, 0) is 0 Å². The third-order valence-electron chi connectivity index (χ3n) is 1.56. The molecular formula is C8H19NOS. The lowest BCUT2D eigenvalue weighted by Crippen LogP contribution is -2.29. The number of aliphatic hydroxyl groups excluding tert-OH is 1. The van der Waals surface area contributed by atoms with E-state index >= 15 is 0 Å². The molecule has 0 fully saturated rings. The molecule has 0 heterocycles. The van der Waals surface area contributed by atoms with E-state index in [9.17, 15) is 5.11 Å². The average Bonchev–Trinajstić information content (AvgIpc) is 1.99. The van der Waals surface area contributed by atoms with E-state index < -0.39 is 0 Å². The van der Waals surface area contributed by atoms with Gasteiger partial charge >= 0.3 is 0 Å². The summed E-state index contributed by atoms with van der Waals surface area (Å²) in [5.41, 5.74) is 0. The fourth-order valence-corrected chi connectivity index (χ4v) is 1.11. The van der Waals surface area contributed by atoms with Crippen molar-refractivity contribution < 1.29 is 5.11 Å². The van der Waals surface area contributed by atoms with Gasteiger partial charge in [-0.1, -0.05) is 19.8 Å². The first-order valence-corrected chi connectivity index (χ1v) is 4.96. The van der Waals surface area contributed by atoms with E-state index in [4.69, 9.17) is 0 Å². The van der Waals surface area contributed by atoms with Gasteiger partial charge in [-0.15, -0.1) is 0 Å². The molecule has 0 saturated carbocycles. The molecule has 0 aliphatic rings. The molecule has 11 heavy (non-hydrogen) atoms. The van der Waals surface area contributed by atoms with Crippen LogP contribution >= 0.6 is 12.6 Å². The second-order valence-corrected chi connectivity index (χ2v) is 3.14. The third kappa shape index (κ3) is 8.17. The number of rotatable bonds is 7. The fraction of sp³-hybridized carbons (Fsp3) is 1.00. The van der Waals surface area contributed by atoms with Crippen LogP contribution in [0.15, 0.2) is 0 Å². The molecule has 2 nitrogen and oxygen atoms in total. The SMILES string of the molecule is CCCCCNC(O)CCS. The van der Waals surface area contributed by atoms with Crippen LogP contribution in [0.1, 0.15) is 32.6 Å². The Morgan fingerprint density at radius 2 is 2.18 bits per heavy atom. The third-order valence-corrected chi connectivity index (χ3v) is 1.82. The molecule has 0 radical (unpaired) electrons. The number of hydrogen-bond donors (Lipinski definition) is 3. The van der Waals surface area contributed by atoms with Crippen LogP contribution < -0.4 is 5.32 Å². The Morgan fingerprint density at radius 1 is 1.45 bits per heavy atom. The summed E-state index contributed by atoms with van der Waals surface area (Å²) < 4.78 is 0. The van der Waals surface area contributed by atoms with E-state index in [1.165, 1.54) is 12.8 Å². The van der Waals surface area contributed by atoms with Gasteiger partial charge in [-0.05, 0) is 25.1 Å². The lowest BCUT2D eigenvalue weighted by Gasteiger charge is -2.10. The number of unbranched alkanes of at least 4 members (excludes halogenated alkanes) is 2. The summed E-state index contributed by atoms with van der Waals surface area (Å²) in [6, 6.07) is 0. The first-order valence-electron chi connectivity index (χ1n) is 4.33. The first-order chi connectivity index (χ1) is 5.31. The largest absolute Gasteiger partial charge is 0.379 e. The minimum Gasteiger partial charge on any atom is -0.379 e. The zero-order valence-electron chi connectivity index (χ0n) is 7.21. The highest BCUT2D eigenvalue weighted by molar-refractivity contribution is 7.80. The first kappa shape index (κ1) is 11.3. The van der Waals surface area contributed by atoms with Crippen LogP contribution in [0.2, 0.25) is 0 Å². The molecule has 0 saturated heterocycles. The number of aliphatic hydroxyl groups is 1. The van der Waals surface area contributed by atoms with Gasteiger partial charge in [-0.2, -0.15) is 12.6 Å². The quantitative estimate of drug-likeness (QED) is 0.312. The highest BCUT2D eigenvalue weighted by Gasteiger charge is 1.98. The molecule has 0 aromatic heterocycles. The Hall–Kier alpha value is 0.270. The van der Waals surface area contributed by atoms with Gasteiger partial charge in [-0.3, -0.25) is 5.32 Å². The van der Waals surface area contributed by atoms with Crippen molar-refractivity contribution in [1.82, 2.24) is 5.32 Å². The maximum absolute atomic E-state index is 9.19. The molecule has 0 spiro atoms. The maximum Gasteiger partial charge on any atom is 0.105 e. The Kier molecular flexibility index (Phi) is 8.57. The van der Waals surface area contributed by atoms with Crippen molar-refractivity contribution in [2.24, 2.45) is 0 Å². The summed E-state index contributed by atoms with van der Waals surface area (Å²) in [6.07, 6.45) is 3.99. The average molecular weight is 177 g/mol. The fourth-order valence-electron chi connectivity index (χ4n) is 0.868. The lowest BCUT2D eigenvalue weighted by molar-refractivity contribution is 0.134. The van der Waals surface area contributed by atoms with Crippen LogP contribution in [0.4, 0.5) is 0 Å². The second kappa shape index (κ2) is 8.37. The van der Waals surface area contributed by atoms with Crippen LogP contribution in [0.25, 0.3) is 0 Å². The van der Waals surface area contributed by atoms with Crippen molar-refractivity contribution in [1.29, 1.82) is 0 Å². The van der Waals surface area contributed by atoms with Gasteiger partial charge in [0.15, 0.2) is 0 Å². The van der Waals surface area contributed by atoms with Crippen molar-refractivity contribution in [2.45, 2.75) is 38.8 Å². The summed E-state index contributed by atoms with van der Waals surface area (Å²) in [5, 5.41) is 12.2. The molecule has 2 N–H and O–H groups in total. The summed E-state index contributed by atoms with van der Waals surface area (Å²) in [4.78, 5) is 0. The standard InChI is InChI=1S/C8H19NOS/c1-2-3-4-6-9-8(10)5-7-11/h8-11H,2-7H2,1H3. The minimum absolute atomic E-state index is 0.357. The lowest BCUT2D eigenvalue weighted by atomic mass is 10.2. The van der Waals surface area contributed by atoms with Gasteiger partial charge < -0.3 is 5.11 Å². The normalized spacial score (nSPS) is 13.4. The molecule has 0 bridgehead atoms. The maximum atomic E-state index is 9.19. The van der Waals surface area contributed by atoms with Gasteiger partial charge in [0.25, 0.3) is 0 Å². The molecule has 3 heteroatoms. The van der Waals surface area contributed by atoms with Crippen molar-refractivity contribution in [3.05, 3.63) is 0 Å². The van der Waals surface area contributed by atoms with Crippen LogP contribution in [0, 0.1) is 0 Å². The predicted octanol–water partition coefficient (Wildman–Crippen LogP) is 1.40. The smallest absolute Gasteiger partial charge is 0.105 e. The van der Waals surface area contributed by atoms with Gasteiger partial charge in [0.1, 0.15) is 6.23 Å². The van der Waals surface area contributed by atoms with Crippen LogP contribution in [-0.4, -0.2) is 23.6 Å². The summed E-state index contributed by atoms with van der Waals surface area (Å²) in [6.45, 7) is 3.09. The number of thiol groups is 1. The highest BCUT2D eigenvalue weighted by atomic mass is 32.1. The summed E-state index contributed by atoms with van der Waals surface area (Å²) in [7, 11) is 0. The topological polar surface area (TPSA) is 32.3 Å². The molecule has 0 aromatic carbocycles. The molecule has 1 atom stereocenters. The Balaban J connectivity index is 2.97. The van der Waals surface area contributed by atoms with Gasteiger partial charge in [0.05, 0.1) is 0 Å². The molecule has 0 aromatic rings. The van der Waals surface area contributed by atoms with Crippen LogP contribution in [0.3, 0.4) is 0 Å². The van der Waals surface area contributed by atoms with E-state index in [0.717, 1.165) is 25.1 Å². The number of nitrogens with one attached hydrogen (secondary N) is 1. The van der Waals surface area contributed by atoms with Gasteiger partial charge in [0, 0.05) is 0 Å². The molecule has 68 valence electrons. The zero-order valence-corrected chi connectivity index (χ0v) is 8.11. The van der Waals surface area contributed by atoms with E-state index in [1.807, 2.05) is 0 Å². The highest BCUT2D eigenvalue weighted by Crippen LogP contribution is 1.94. The summed E-state index contributed by atoms with van der Waals surface area (Å²) in [5.74, 6) is 0.738. The summed E-state index contributed by atoms with van der Waals surface area (Å²) >= 11 is 4.02. The van der Waals surface area contributed by atoms with Gasteiger partial charge in [0.2, 0.25) is 0 Å². The Morgan fingerprint density at radius 3 is 2.73 bits per heavy atom. The van der Waals surface area contributed by atoms with Crippen molar-refractivity contribution in [3.8, 4) is 0 Å². The van der Waals surface area contributed by atoms with Crippen LogP contribution in [0.5, 0.6) is 0 Å². The van der Waals surface area contributed by atoms with Gasteiger partial charge in [-0.25, -0.2) is 0 Å². The van der Waals surface area contributed by atoms with Crippen molar-refractivity contribution in [3.63, 3.8) is 0 Å². The number of hydrogen-bond acceptors (Lipinski definition) is 3. The van der Waals surface area contributed by atoms with Crippen molar-refractivity contribution >= 4 is 12.6 Å². The molecule has 0 aliphatic heterocycles. The molecular weight excluding hydrogens is 158 g/mol. The van der Waals surface area contributed by atoms with Crippen molar-refractivity contribution in [2.75, 3.05) is 12.3 Å². The second-order valence-electron chi connectivity index (χ2n) is 2.69.